The lowest BCUT2D eigenvalue weighted by atomic mass is 10.1. The van der Waals surface area contributed by atoms with Gasteiger partial charge in [-0.15, -0.1) is 11.8 Å². The van der Waals surface area contributed by atoms with Crippen molar-refractivity contribution >= 4 is 40.6 Å². The van der Waals surface area contributed by atoms with E-state index in [0.29, 0.717) is 25.3 Å². The van der Waals surface area contributed by atoms with Gasteiger partial charge in [0, 0.05) is 4.90 Å². The normalized spacial score (nSPS) is 20.9. The third kappa shape index (κ3) is 4.49. The molecular weight excluding hydrogens is 420 g/mol. The summed E-state index contributed by atoms with van der Waals surface area (Å²) in [5, 5.41) is 1.69. The quantitative estimate of drug-likeness (QED) is 0.732. The first-order valence-corrected chi connectivity index (χ1v) is 11.5. The minimum Gasteiger partial charge on any atom is -0.492 e. The first-order valence-electron chi connectivity index (χ1n) is 9.72. The van der Waals surface area contributed by atoms with Crippen LogP contribution in [0.4, 0.5) is 4.79 Å². The van der Waals surface area contributed by atoms with Crippen molar-refractivity contribution in [3.63, 3.8) is 0 Å². The van der Waals surface area contributed by atoms with Gasteiger partial charge >= 0.3 is 0 Å². The van der Waals surface area contributed by atoms with Crippen LogP contribution in [-0.2, 0) is 11.2 Å². The van der Waals surface area contributed by atoms with Gasteiger partial charge in [-0.1, -0.05) is 35.5 Å². The Morgan fingerprint density at radius 3 is 2.53 bits per heavy atom. The van der Waals surface area contributed by atoms with Gasteiger partial charge < -0.3 is 9.64 Å². The van der Waals surface area contributed by atoms with Crippen LogP contribution in [0.25, 0.3) is 0 Å². The van der Waals surface area contributed by atoms with Crippen LogP contribution in [0.5, 0.6) is 5.75 Å². The number of fused-ring (bicyclic) bond motifs is 1. The maximum absolute atomic E-state index is 12.9. The standard InChI is InChI=1S/C22H22N2O4S2/c1-13-3-8-18-17(11-13)21(26)24(14(2)29-18)9-10-28-16-6-4-15(5-7-16)12-19-20(25)23-22(27)30-19/h3-8,11,14,19H,9-10,12H2,1-2H3,(H,23,25,27). The van der Waals surface area contributed by atoms with Crippen molar-refractivity contribution < 1.29 is 19.1 Å². The third-order valence-electron chi connectivity index (χ3n) is 5.08. The SMILES string of the molecule is Cc1ccc2c(c1)C(=O)N(CCOc1ccc(CC3SC(=O)NC3=O)cc1)C(C)S2. The number of nitrogens with one attached hydrogen (secondary N) is 1. The number of carbonyl (C=O) groups excluding carboxylic acids is 3. The Morgan fingerprint density at radius 2 is 1.83 bits per heavy atom. The average Bonchev–Trinajstić information content (AvgIpc) is 3.03. The molecule has 2 atom stereocenters. The fraction of sp³-hybridized carbons (Fsp3) is 0.318. The molecule has 1 N–H and O–H groups in total. The molecular formula is C22H22N2O4S2. The van der Waals surface area contributed by atoms with E-state index in [0.717, 1.165) is 33.3 Å². The van der Waals surface area contributed by atoms with E-state index in [4.69, 9.17) is 4.74 Å². The number of thioether (sulfide) groups is 2. The highest BCUT2D eigenvalue weighted by Crippen LogP contribution is 2.35. The highest BCUT2D eigenvalue weighted by atomic mass is 32.2. The van der Waals surface area contributed by atoms with Crippen LogP contribution < -0.4 is 10.1 Å². The third-order valence-corrected chi connectivity index (χ3v) is 7.26. The number of aryl methyl sites for hydroxylation is 1. The molecule has 0 saturated carbocycles. The molecule has 30 heavy (non-hydrogen) atoms. The summed E-state index contributed by atoms with van der Waals surface area (Å²) in [6.45, 7) is 4.92. The van der Waals surface area contributed by atoms with E-state index >= 15 is 0 Å². The molecule has 0 bridgehead atoms. The molecule has 2 aromatic carbocycles. The van der Waals surface area contributed by atoms with Crippen molar-refractivity contribution in [2.24, 2.45) is 0 Å². The van der Waals surface area contributed by atoms with Gasteiger partial charge in [0.25, 0.3) is 11.1 Å². The first kappa shape index (κ1) is 20.8. The lowest BCUT2D eigenvalue weighted by molar-refractivity contribution is -0.118. The summed E-state index contributed by atoms with van der Waals surface area (Å²) < 4.78 is 5.84. The molecule has 4 rings (SSSR count). The van der Waals surface area contributed by atoms with Crippen molar-refractivity contribution in [2.45, 2.75) is 35.8 Å². The van der Waals surface area contributed by atoms with Gasteiger partial charge in [-0.2, -0.15) is 0 Å². The van der Waals surface area contributed by atoms with Crippen LogP contribution in [0.1, 0.15) is 28.4 Å². The fourth-order valence-corrected chi connectivity index (χ4v) is 5.46. The number of amides is 3. The number of nitrogens with zero attached hydrogens (tertiary/aromatic N) is 1. The van der Waals surface area contributed by atoms with E-state index < -0.39 is 0 Å². The summed E-state index contributed by atoms with van der Waals surface area (Å²) in [5.41, 5.74) is 2.80. The van der Waals surface area contributed by atoms with Gasteiger partial charge in [-0.05, 0) is 50.1 Å². The number of rotatable bonds is 6. The van der Waals surface area contributed by atoms with Gasteiger partial charge in [0.1, 0.15) is 12.4 Å². The van der Waals surface area contributed by atoms with Crippen LogP contribution in [0.3, 0.4) is 0 Å². The Morgan fingerprint density at radius 1 is 1.07 bits per heavy atom. The van der Waals surface area contributed by atoms with E-state index in [9.17, 15) is 14.4 Å². The maximum atomic E-state index is 12.9. The average molecular weight is 443 g/mol. The van der Waals surface area contributed by atoms with Gasteiger partial charge in [-0.3, -0.25) is 19.7 Å². The second-order valence-electron chi connectivity index (χ2n) is 7.30. The number of hydrogen-bond acceptors (Lipinski definition) is 6. The molecule has 2 aliphatic heterocycles. The summed E-state index contributed by atoms with van der Waals surface area (Å²) in [4.78, 5) is 38.7. The van der Waals surface area contributed by atoms with E-state index in [2.05, 4.69) is 5.32 Å². The predicted octanol–water partition coefficient (Wildman–Crippen LogP) is 3.86. The highest BCUT2D eigenvalue weighted by Gasteiger charge is 2.32. The monoisotopic (exact) mass is 442 g/mol. The molecule has 3 amide bonds. The summed E-state index contributed by atoms with van der Waals surface area (Å²) in [5.74, 6) is 0.514. The molecule has 6 nitrogen and oxygen atoms in total. The molecule has 156 valence electrons. The zero-order chi connectivity index (χ0) is 21.3. The Kier molecular flexibility index (Phi) is 6.06. The van der Waals surface area contributed by atoms with Crippen LogP contribution in [0, 0.1) is 6.92 Å². The molecule has 8 heteroatoms. The molecule has 0 aromatic heterocycles. The lowest BCUT2D eigenvalue weighted by Crippen LogP contribution is -2.42. The van der Waals surface area contributed by atoms with Crippen molar-refractivity contribution in [3.05, 3.63) is 59.2 Å². The minimum atomic E-state index is -0.375. The topological polar surface area (TPSA) is 75.7 Å². The van der Waals surface area contributed by atoms with E-state index in [1.165, 1.54) is 0 Å². The van der Waals surface area contributed by atoms with Crippen molar-refractivity contribution in [1.29, 1.82) is 0 Å². The fourth-order valence-electron chi connectivity index (χ4n) is 3.49. The largest absolute Gasteiger partial charge is 0.492 e. The summed E-state index contributed by atoms with van der Waals surface area (Å²) >= 11 is 2.72. The maximum Gasteiger partial charge on any atom is 0.286 e. The minimum absolute atomic E-state index is 0.0424. The van der Waals surface area contributed by atoms with Gasteiger partial charge in [-0.25, -0.2) is 0 Å². The second kappa shape index (κ2) is 8.73. The molecule has 1 saturated heterocycles. The zero-order valence-electron chi connectivity index (χ0n) is 16.7. The molecule has 1 fully saturated rings. The molecule has 2 heterocycles. The van der Waals surface area contributed by atoms with Crippen LogP contribution >= 0.6 is 23.5 Å². The molecule has 2 unspecified atom stereocenters. The van der Waals surface area contributed by atoms with E-state index in [1.807, 2.05) is 61.2 Å². The molecule has 2 aliphatic rings. The Bertz CT molecular complexity index is 993. The van der Waals surface area contributed by atoms with Crippen molar-refractivity contribution in [1.82, 2.24) is 10.2 Å². The highest BCUT2D eigenvalue weighted by molar-refractivity contribution is 8.15. The summed E-state index contributed by atoms with van der Waals surface area (Å²) in [6.07, 6.45) is 0.498. The molecule has 0 aliphatic carbocycles. The predicted molar refractivity (Wildman–Crippen MR) is 118 cm³/mol. The number of benzene rings is 2. The smallest absolute Gasteiger partial charge is 0.286 e. The van der Waals surface area contributed by atoms with Crippen LogP contribution in [-0.4, -0.2) is 45.7 Å². The summed E-state index contributed by atoms with van der Waals surface area (Å²) in [7, 11) is 0. The van der Waals surface area contributed by atoms with Gasteiger partial charge in [0.2, 0.25) is 5.91 Å². The molecule has 0 spiro atoms. The zero-order valence-corrected chi connectivity index (χ0v) is 18.3. The molecule has 0 radical (unpaired) electrons. The lowest BCUT2D eigenvalue weighted by Gasteiger charge is -2.34. The van der Waals surface area contributed by atoms with Gasteiger partial charge in [0.05, 0.1) is 22.7 Å². The molecule has 2 aromatic rings. The Balaban J connectivity index is 1.31. The first-order chi connectivity index (χ1) is 14.4. The number of carbonyl (C=O) groups is 3. The summed E-state index contributed by atoms with van der Waals surface area (Å²) in [6, 6.07) is 13.5. The van der Waals surface area contributed by atoms with Crippen molar-refractivity contribution in [3.8, 4) is 5.75 Å². The van der Waals surface area contributed by atoms with Gasteiger partial charge in [0.15, 0.2) is 0 Å². The Hall–Kier alpha value is -2.45. The number of imide groups is 1. The second-order valence-corrected chi connectivity index (χ2v) is 9.83. The number of hydrogen-bond donors (Lipinski definition) is 1. The number of ether oxygens (including phenoxy) is 1. The van der Waals surface area contributed by atoms with Crippen LogP contribution in [0.2, 0.25) is 0 Å². The Labute approximate surface area is 183 Å². The van der Waals surface area contributed by atoms with Crippen molar-refractivity contribution in [2.75, 3.05) is 13.2 Å². The van der Waals surface area contributed by atoms with E-state index in [-0.39, 0.29) is 27.7 Å². The van der Waals surface area contributed by atoms with E-state index in [1.54, 1.807) is 11.8 Å². The van der Waals surface area contributed by atoms with Crippen LogP contribution in [0.15, 0.2) is 47.4 Å².